The van der Waals surface area contributed by atoms with Crippen molar-refractivity contribution in [1.82, 2.24) is 20.1 Å². The van der Waals surface area contributed by atoms with Crippen LogP contribution in [0.15, 0.2) is 34.9 Å². The van der Waals surface area contributed by atoms with Gasteiger partial charge in [0, 0.05) is 24.8 Å². The van der Waals surface area contributed by atoms with Crippen LogP contribution in [0.4, 0.5) is 8.78 Å². The Morgan fingerprint density at radius 3 is 2.55 bits per heavy atom. The predicted octanol–water partition coefficient (Wildman–Crippen LogP) is 3.73. The number of benzene rings is 1. The number of fused-ring (bicyclic) bond motifs is 5. The largest absolute Gasteiger partial charge is 0.481 e. The molecule has 0 radical (unpaired) electrons. The molecule has 2 aliphatic carbocycles. The Hall–Kier alpha value is -3.74. The summed E-state index contributed by atoms with van der Waals surface area (Å²) in [6, 6.07) is 5.25. The molecule has 2 aromatic heterocycles. The first-order valence-corrected chi connectivity index (χ1v) is 14.8. The minimum absolute atomic E-state index is 0.0311. The van der Waals surface area contributed by atoms with Crippen molar-refractivity contribution in [1.29, 1.82) is 0 Å². The molecule has 13 heteroatoms. The minimum atomic E-state index is -3.46. The number of oxazole rings is 1. The Kier molecular flexibility index (Phi) is 6.76. The van der Waals surface area contributed by atoms with Gasteiger partial charge in [-0.2, -0.15) is 10.2 Å². The minimum Gasteiger partial charge on any atom is -0.481 e. The molecule has 1 saturated carbocycles. The van der Waals surface area contributed by atoms with Gasteiger partial charge >= 0.3 is 5.97 Å². The van der Waals surface area contributed by atoms with Crippen molar-refractivity contribution in [3.63, 3.8) is 0 Å². The molecule has 1 aromatic carbocycles. The third-order valence-corrected chi connectivity index (χ3v) is 9.11. The van der Waals surface area contributed by atoms with Crippen molar-refractivity contribution in [2.45, 2.75) is 50.2 Å². The molecule has 212 valence electrons. The maximum absolute atomic E-state index is 14.5. The van der Waals surface area contributed by atoms with Crippen molar-refractivity contribution in [3.8, 4) is 11.3 Å². The lowest BCUT2D eigenvalue weighted by Crippen LogP contribution is -2.49. The Balaban J connectivity index is 1.52. The Morgan fingerprint density at radius 1 is 1.20 bits per heavy atom. The number of carbonyl (C=O) groups is 2. The molecule has 2 atom stereocenters. The zero-order valence-electron chi connectivity index (χ0n) is 22.1. The van der Waals surface area contributed by atoms with Gasteiger partial charge in [-0.05, 0) is 47.9 Å². The zero-order valence-corrected chi connectivity index (χ0v) is 23.0. The van der Waals surface area contributed by atoms with E-state index in [4.69, 9.17) is 4.42 Å². The molecule has 2 heterocycles. The molecule has 40 heavy (non-hydrogen) atoms. The van der Waals surface area contributed by atoms with Crippen molar-refractivity contribution in [3.05, 3.63) is 65.0 Å². The first kappa shape index (κ1) is 27.8. The van der Waals surface area contributed by atoms with E-state index in [-0.39, 0.29) is 48.3 Å². The van der Waals surface area contributed by atoms with Crippen LogP contribution in [0.5, 0.6) is 0 Å². The van der Waals surface area contributed by atoms with Crippen LogP contribution < -0.4 is 0 Å². The van der Waals surface area contributed by atoms with Crippen LogP contribution >= 0.6 is 0 Å². The lowest BCUT2D eigenvalue weighted by atomic mass is 9.68. The van der Waals surface area contributed by atoms with Crippen molar-refractivity contribution >= 4 is 21.7 Å². The van der Waals surface area contributed by atoms with Gasteiger partial charge in [0.05, 0.1) is 23.4 Å². The summed E-state index contributed by atoms with van der Waals surface area (Å²) in [5.41, 5.74) is -0.0908. The molecule has 3 aromatic rings. The van der Waals surface area contributed by atoms with Gasteiger partial charge in [0.15, 0.2) is 15.5 Å². The number of rotatable bonds is 9. The van der Waals surface area contributed by atoms with Gasteiger partial charge in [0.2, 0.25) is 5.89 Å². The summed E-state index contributed by atoms with van der Waals surface area (Å²) in [5, 5.41) is 18.0. The van der Waals surface area contributed by atoms with Gasteiger partial charge in [-0.3, -0.25) is 9.59 Å². The van der Waals surface area contributed by atoms with E-state index in [1.807, 2.05) is 13.8 Å². The van der Waals surface area contributed by atoms with E-state index >= 15 is 0 Å². The quantitative estimate of drug-likeness (QED) is 0.404. The van der Waals surface area contributed by atoms with Gasteiger partial charge in [0.25, 0.3) is 5.91 Å². The highest BCUT2D eigenvalue weighted by Gasteiger charge is 2.64. The lowest BCUT2D eigenvalue weighted by molar-refractivity contribution is -0.137. The Bertz CT molecular complexity index is 1600. The summed E-state index contributed by atoms with van der Waals surface area (Å²) in [6.45, 7) is 4.03. The van der Waals surface area contributed by atoms with Crippen LogP contribution in [-0.2, 0) is 25.8 Å². The summed E-state index contributed by atoms with van der Waals surface area (Å²) < 4.78 is 57.5. The zero-order chi connectivity index (χ0) is 29.0. The monoisotopic (exact) mass is 574 g/mol. The van der Waals surface area contributed by atoms with Crippen molar-refractivity contribution in [2.75, 3.05) is 19.3 Å². The number of hydrogen-bond donors (Lipinski definition) is 1. The maximum atomic E-state index is 14.5. The van der Waals surface area contributed by atoms with E-state index in [1.54, 1.807) is 6.07 Å². The highest BCUT2D eigenvalue weighted by molar-refractivity contribution is 7.89. The molecule has 10 nitrogen and oxygen atoms in total. The smallest absolute Gasteiger partial charge is 0.305 e. The first-order chi connectivity index (χ1) is 18.7. The molecule has 1 N–H and O–H groups in total. The summed E-state index contributed by atoms with van der Waals surface area (Å²) >= 11 is 0. The molecule has 0 unspecified atom stereocenters. The van der Waals surface area contributed by atoms with Crippen LogP contribution in [0, 0.1) is 17.0 Å². The van der Waals surface area contributed by atoms with E-state index in [2.05, 4.69) is 15.2 Å². The second-order valence-corrected chi connectivity index (χ2v) is 13.2. The molecule has 2 aliphatic rings. The van der Waals surface area contributed by atoms with Gasteiger partial charge in [-0.15, -0.1) is 0 Å². The standard InChI is InChI=1S/C27H28F2N4O6S/c1-26(2)16-7-9-27(26,24-15(16)11-19(31-32-24)23-17(28)5-4-6-18(23)29)14-33(10-8-22(34)35)25(36)20-12-39-21(30-20)13-40(3,37)38/h4-6,11-12,16H,7-10,13-14H2,1-3H3,(H,34,35)/t16-,27-/m0/s1. The maximum Gasteiger partial charge on any atom is 0.305 e. The van der Waals surface area contributed by atoms with Gasteiger partial charge < -0.3 is 14.4 Å². The average molecular weight is 575 g/mol. The topological polar surface area (TPSA) is 144 Å². The number of hydrogen-bond acceptors (Lipinski definition) is 8. The van der Waals surface area contributed by atoms with Gasteiger partial charge in [-0.25, -0.2) is 22.2 Å². The molecular formula is C27H28F2N4O6S. The number of carboxylic acids is 1. The number of amides is 1. The van der Waals surface area contributed by atoms with Crippen LogP contribution in [0.3, 0.4) is 0 Å². The Labute approximate surface area is 229 Å². The normalized spacial score (nSPS) is 20.9. The number of aliphatic carboxylic acids is 1. The fraction of sp³-hybridized carbons (Fsp3) is 0.444. The number of sulfone groups is 1. The number of aromatic nitrogens is 3. The van der Waals surface area contributed by atoms with E-state index < -0.39 is 49.9 Å². The van der Waals surface area contributed by atoms with E-state index in [0.29, 0.717) is 12.1 Å². The van der Waals surface area contributed by atoms with Gasteiger partial charge in [0.1, 0.15) is 23.7 Å². The highest BCUT2D eigenvalue weighted by Crippen LogP contribution is 2.67. The van der Waals surface area contributed by atoms with Crippen LogP contribution in [0.1, 0.15) is 66.7 Å². The first-order valence-electron chi connectivity index (χ1n) is 12.7. The molecule has 0 aliphatic heterocycles. The summed E-state index contributed by atoms with van der Waals surface area (Å²) in [4.78, 5) is 30.4. The summed E-state index contributed by atoms with van der Waals surface area (Å²) in [6.07, 6.45) is 3.11. The van der Waals surface area contributed by atoms with Crippen LogP contribution in [0.2, 0.25) is 0 Å². The van der Waals surface area contributed by atoms with Crippen LogP contribution in [0.25, 0.3) is 11.3 Å². The third-order valence-electron chi connectivity index (χ3n) is 8.34. The Morgan fingerprint density at radius 2 is 1.90 bits per heavy atom. The van der Waals surface area contributed by atoms with E-state index in [9.17, 15) is 31.9 Å². The third kappa shape index (κ3) is 4.65. The number of nitrogens with zero attached hydrogens (tertiary/aromatic N) is 4. The van der Waals surface area contributed by atoms with Gasteiger partial charge in [-0.1, -0.05) is 19.9 Å². The number of carbonyl (C=O) groups excluding carboxylic acids is 1. The molecule has 2 bridgehead atoms. The predicted molar refractivity (Wildman–Crippen MR) is 138 cm³/mol. The van der Waals surface area contributed by atoms with E-state index in [0.717, 1.165) is 36.6 Å². The van der Waals surface area contributed by atoms with Crippen LogP contribution in [-0.4, -0.2) is 64.8 Å². The molecule has 0 saturated heterocycles. The highest BCUT2D eigenvalue weighted by atomic mass is 32.2. The summed E-state index contributed by atoms with van der Waals surface area (Å²) in [5.74, 6) is -3.86. The lowest BCUT2D eigenvalue weighted by Gasteiger charge is -2.41. The van der Waals surface area contributed by atoms with Crippen molar-refractivity contribution < 1.29 is 36.3 Å². The second kappa shape index (κ2) is 9.72. The molecule has 0 spiro atoms. The fourth-order valence-electron chi connectivity index (χ4n) is 6.31. The number of halogens is 2. The van der Waals surface area contributed by atoms with E-state index in [1.165, 1.54) is 11.0 Å². The second-order valence-electron chi connectivity index (χ2n) is 11.1. The molecular weight excluding hydrogens is 546 g/mol. The molecule has 5 rings (SSSR count). The molecule has 1 amide bonds. The fourth-order valence-corrected chi connectivity index (χ4v) is 6.89. The van der Waals surface area contributed by atoms with Crippen molar-refractivity contribution in [2.24, 2.45) is 5.41 Å². The SMILES string of the molecule is CC1(C)[C@H]2CC[C@]1(CN(CCC(=O)O)C(=O)c1coc(CS(C)(=O)=O)n1)c1nnc(-c3c(F)cccc3F)cc12. The summed E-state index contributed by atoms with van der Waals surface area (Å²) in [7, 11) is -3.46. The average Bonchev–Trinajstić information content (AvgIpc) is 3.47. The molecule has 1 fully saturated rings. The number of carboxylic acid groups (broad SMARTS) is 1.